The van der Waals surface area contributed by atoms with Gasteiger partial charge in [-0.15, -0.1) is 0 Å². The van der Waals surface area contributed by atoms with E-state index in [-0.39, 0.29) is 11.5 Å². The lowest BCUT2D eigenvalue weighted by atomic mass is 10.1. The molecule has 1 aromatic heterocycles. The monoisotopic (exact) mass is 420 g/mol. The Balaban J connectivity index is 1.61. The molecule has 0 saturated carbocycles. The van der Waals surface area contributed by atoms with Gasteiger partial charge in [0.15, 0.2) is 11.3 Å². The molecule has 4 aromatic rings. The fraction of sp³-hybridized carbons (Fsp3) is 0.0435. The van der Waals surface area contributed by atoms with Crippen LogP contribution in [0.2, 0.25) is 10.0 Å². The Morgan fingerprint density at radius 3 is 2.41 bits per heavy atom. The molecule has 0 unspecified atom stereocenters. The number of nitriles is 1. The number of halogens is 2. The van der Waals surface area contributed by atoms with E-state index in [0.29, 0.717) is 39.1 Å². The molecule has 0 amide bonds. The summed E-state index contributed by atoms with van der Waals surface area (Å²) in [5.41, 5.74) is 3.22. The molecule has 29 heavy (non-hydrogen) atoms. The van der Waals surface area contributed by atoms with Crippen LogP contribution in [-0.2, 0) is 6.61 Å². The highest BCUT2D eigenvalue weighted by atomic mass is 35.5. The van der Waals surface area contributed by atoms with E-state index in [1.807, 2.05) is 48.5 Å². The lowest BCUT2D eigenvalue weighted by Gasteiger charge is -2.11. The summed E-state index contributed by atoms with van der Waals surface area (Å²) in [6, 6.07) is 22.5. The minimum atomic E-state index is 0.241. The van der Waals surface area contributed by atoms with Crippen molar-refractivity contribution in [2.75, 3.05) is 0 Å². The van der Waals surface area contributed by atoms with Crippen LogP contribution in [0.5, 0.6) is 5.75 Å². The molecule has 0 aliphatic carbocycles. The van der Waals surface area contributed by atoms with Gasteiger partial charge >= 0.3 is 0 Å². The molecule has 1 heterocycles. The number of fused-ring (bicyclic) bond motifs is 1. The van der Waals surface area contributed by atoms with Gasteiger partial charge in [-0.05, 0) is 41.5 Å². The maximum atomic E-state index is 9.56. The van der Waals surface area contributed by atoms with E-state index in [2.05, 4.69) is 11.1 Å². The molecule has 4 nitrogen and oxygen atoms in total. The van der Waals surface area contributed by atoms with Gasteiger partial charge in [0.2, 0.25) is 5.89 Å². The van der Waals surface area contributed by atoms with E-state index >= 15 is 0 Å². The number of nitrogens with zero attached hydrogens (tertiary/aromatic N) is 2. The Morgan fingerprint density at radius 1 is 1.03 bits per heavy atom. The van der Waals surface area contributed by atoms with Crippen LogP contribution in [0.1, 0.15) is 17.0 Å². The Labute approximate surface area is 177 Å². The molecule has 0 atom stereocenters. The smallest absolute Gasteiger partial charge is 0.238 e. The quantitative estimate of drug-likeness (QED) is 0.334. The van der Waals surface area contributed by atoms with Gasteiger partial charge in [-0.25, -0.2) is 4.98 Å². The van der Waals surface area contributed by atoms with E-state index < -0.39 is 0 Å². The number of aromatic nitrogens is 1. The summed E-state index contributed by atoms with van der Waals surface area (Å²) < 4.78 is 11.5. The van der Waals surface area contributed by atoms with Crippen LogP contribution in [0.4, 0.5) is 0 Å². The van der Waals surface area contributed by atoms with E-state index in [9.17, 15) is 5.26 Å². The topological polar surface area (TPSA) is 59.0 Å². The first kappa shape index (κ1) is 19.1. The first-order valence-corrected chi connectivity index (χ1v) is 9.53. The van der Waals surface area contributed by atoms with Gasteiger partial charge in [0, 0.05) is 0 Å². The molecule has 0 bridgehead atoms. The zero-order valence-electron chi connectivity index (χ0n) is 15.1. The van der Waals surface area contributed by atoms with Gasteiger partial charge in [-0.3, -0.25) is 0 Å². The number of allylic oxidation sites excluding steroid dienone is 1. The van der Waals surface area contributed by atoms with Crippen LogP contribution in [-0.4, -0.2) is 4.98 Å². The Kier molecular flexibility index (Phi) is 5.53. The van der Waals surface area contributed by atoms with Gasteiger partial charge in [-0.2, -0.15) is 5.26 Å². The zero-order valence-corrected chi connectivity index (χ0v) is 16.6. The molecule has 0 radical (unpaired) electrons. The summed E-state index contributed by atoms with van der Waals surface area (Å²) in [7, 11) is 0. The fourth-order valence-electron chi connectivity index (χ4n) is 2.83. The van der Waals surface area contributed by atoms with Crippen molar-refractivity contribution in [1.29, 1.82) is 5.26 Å². The standard InChI is InChI=1S/C23H14Cl2N2O2/c24-18-11-16(12-19(25)22(18)28-14-15-6-2-1-3-7-15)10-17(13-26)23-27-20-8-4-5-9-21(20)29-23/h1-12H,14H2/b17-10+. The number of hydrogen-bond acceptors (Lipinski definition) is 4. The third-order valence-electron chi connectivity index (χ3n) is 4.20. The predicted molar refractivity (Wildman–Crippen MR) is 115 cm³/mol. The number of ether oxygens (including phenoxy) is 1. The third-order valence-corrected chi connectivity index (χ3v) is 4.76. The van der Waals surface area contributed by atoms with Crippen LogP contribution in [0.25, 0.3) is 22.7 Å². The molecule has 0 saturated heterocycles. The lowest BCUT2D eigenvalue weighted by Crippen LogP contribution is -1.96. The largest absolute Gasteiger partial charge is 0.486 e. The van der Waals surface area contributed by atoms with Crippen molar-refractivity contribution in [2.24, 2.45) is 0 Å². The van der Waals surface area contributed by atoms with Gasteiger partial charge in [-0.1, -0.05) is 65.7 Å². The molecule has 3 aromatic carbocycles. The average molecular weight is 421 g/mol. The average Bonchev–Trinajstić information content (AvgIpc) is 3.16. The first-order valence-electron chi connectivity index (χ1n) is 8.77. The highest BCUT2D eigenvalue weighted by molar-refractivity contribution is 6.37. The molecule has 0 aliphatic rings. The Morgan fingerprint density at radius 2 is 1.72 bits per heavy atom. The van der Waals surface area contributed by atoms with Crippen molar-refractivity contribution < 1.29 is 9.15 Å². The van der Waals surface area contributed by atoms with E-state index in [4.69, 9.17) is 32.4 Å². The van der Waals surface area contributed by atoms with Crippen LogP contribution in [0.3, 0.4) is 0 Å². The van der Waals surface area contributed by atoms with Crippen molar-refractivity contribution in [1.82, 2.24) is 4.98 Å². The molecule has 0 N–H and O–H groups in total. The molecule has 142 valence electrons. The summed E-state index contributed by atoms with van der Waals surface area (Å²) in [6.07, 6.45) is 1.63. The lowest BCUT2D eigenvalue weighted by molar-refractivity contribution is 0.306. The minimum absolute atomic E-state index is 0.241. The van der Waals surface area contributed by atoms with Crippen molar-refractivity contribution in [3.8, 4) is 11.8 Å². The summed E-state index contributed by atoms with van der Waals surface area (Å²) in [6.45, 7) is 0.349. The SMILES string of the molecule is N#C/C(=C\c1cc(Cl)c(OCc2ccccc2)c(Cl)c1)c1nc2ccccc2o1. The van der Waals surface area contributed by atoms with Gasteiger partial charge < -0.3 is 9.15 Å². The fourth-order valence-corrected chi connectivity index (χ4v) is 3.44. The number of rotatable bonds is 5. The molecule has 0 fully saturated rings. The molecule has 4 rings (SSSR count). The van der Waals surface area contributed by atoms with Crippen molar-refractivity contribution in [3.05, 3.63) is 93.8 Å². The van der Waals surface area contributed by atoms with Crippen LogP contribution < -0.4 is 4.74 Å². The van der Waals surface area contributed by atoms with Gasteiger partial charge in [0.1, 0.15) is 23.8 Å². The van der Waals surface area contributed by atoms with Crippen LogP contribution in [0, 0.1) is 11.3 Å². The molecule has 0 aliphatic heterocycles. The Bertz CT molecular complexity index is 1180. The highest BCUT2D eigenvalue weighted by Gasteiger charge is 2.13. The number of oxazole rings is 1. The first-order chi connectivity index (χ1) is 14.1. The number of hydrogen-bond donors (Lipinski definition) is 0. The normalized spacial score (nSPS) is 11.4. The second-order valence-corrected chi connectivity index (χ2v) is 7.06. The van der Waals surface area contributed by atoms with E-state index in [0.717, 1.165) is 5.56 Å². The summed E-state index contributed by atoms with van der Waals surface area (Å²) >= 11 is 12.8. The minimum Gasteiger partial charge on any atom is -0.486 e. The zero-order chi connectivity index (χ0) is 20.2. The van der Waals surface area contributed by atoms with Crippen molar-refractivity contribution >= 4 is 46.0 Å². The highest BCUT2D eigenvalue weighted by Crippen LogP contribution is 2.36. The number of para-hydroxylation sites is 2. The van der Waals surface area contributed by atoms with Gasteiger partial charge in [0.05, 0.1) is 10.0 Å². The molecule has 6 heteroatoms. The summed E-state index contributed by atoms with van der Waals surface area (Å²) in [5, 5.41) is 10.3. The number of benzene rings is 3. The summed E-state index contributed by atoms with van der Waals surface area (Å²) in [4.78, 5) is 4.36. The molecule has 0 spiro atoms. The van der Waals surface area contributed by atoms with Crippen molar-refractivity contribution in [3.63, 3.8) is 0 Å². The van der Waals surface area contributed by atoms with Crippen molar-refractivity contribution in [2.45, 2.75) is 6.61 Å². The van der Waals surface area contributed by atoms with E-state index in [1.165, 1.54) is 0 Å². The van der Waals surface area contributed by atoms with Crippen LogP contribution >= 0.6 is 23.2 Å². The van der Waals surface area contributed by atoms with E-state index in [1.54, 1.807) is 24.3 Å². The maximum Gasteiger partial charge on any atom is 0.238 e. The van der Waals surface area contributed by atoms with Crippen LogP contribution in [0.15, 0.2) is 71.1 Å². The second-order valence-electron chi connectivity index (χ2n) is 6.24. The second kappa shape index (κ2) is 8.40. The van der Waals surface area contributed by atoms with Gasteiger partial charge in [0.25, 0.3) is 0 Å². The molecular formula is C23H14Cl2N2O2. The Hall–Kier alpha value is -3.26. The molecular weight excluding hydrogens is 407 g/mol. The predicted octanol–water partition coefficient (Wildman–Crippen LogP) is 6.78. The maximum absolute atomic E-state index is 9.56. The summed E-state index contributed by atoms with van der Waals surface area (Å²) in [5.74, 6) is 0.639. The third kappa shape index (κ3) is 4.27.